The van der Waals surface area contributed by atoms with Gasteiger partial charge in [0.2, 0.25) is 5.88 Å². The number of hydrogen-bond acceptors (Lipinski definition) is 5. The van der Waals surface area contributed by atoms with Gasteiger partial charge in [-0.05, 0) is 31.2 Å². The third-order valence-electron chi connectivity index (χ3n) is 2.74. The second-order valence-electron chi connectivity index (χ2n) is 4.08. The standard InChI is InChI=1S/C13H13N3O5/c1-2-21-8-5-3-7(4-6-8)16-12(19)9(10(14)17)11(18)15-13(16)20/h3-6,19H,2H2,1H3,(H2,14,17)(H,15,18,20). The van der Waals surface area contributed by atoms with Gasteiger partial charge in [-0.3, -0.25) is 14.6 Å². The average Bonchev–Trinajstić information content (AvgIpc) is 2.40. The van der Waals surface area contributed by atoms with Crippen LogP contribution in [0.15, 0.2) is 33.9 Å². The Kier molecular flexibility index (Phi) is 3.79. The molecule has 0 saturated heterocycles. The van der Waals surface area contributed by atoms with Crippen molar-refractivity contribution in [2.75, 3.05) is 6.61 Å². The van der Waals surface area contributed by atoms with Gasteiger partial charge < -0.3 is 15.6 Å². The molecular formula is C13H13N3O5. The molecular weight excluding hydrogens is 278 g/mol. The van der Waals surface area contributed by atoms with Gasteiger partial charge >= 0.3 is 5.69 Å². The van der Waals surface area contributed by atoms with Crippen molar-refractivity contribution < 1.29 is 14.6 Å². The first-order valence-electron chi connectivity index (χ1n) is 6.07. The number of primary amides is 1. The summed E-state index contributed by atoms with van der Waals surface area (Å²) in [7, 11) is 0. The summed E-state index contributed by atoms with van der Waals surface area (Å²) in [6.07, 6.45) is 0. The number of nitrogens with zero attached hydrogens (tertiary/aromatic N) is 1. The van der Waals surface area contributed by atoms with Crippen LogP contribution in [0.1, 0.15) is 17.3 Å². The lowest BCUT2D eigenvalue weighted by molar-refractivity contribution is 0.0995. The van der Waals surface area contributed by atoms with Gasteiger partial charge in [-0.25, -0.2) is 9.36 Å². The Bertz CT molecular complexity index is 789. The summed E-state index contributed by atoms with van der Waals surface area (Å²) < 4.78 is 6.03. The van der Waals surface area contributed by atoms with E-state index in [0.29, 0.717) is 12.4 Å². The monoisotopic (exact) mass is 291 g/mol. The molecule has 1 aromatic carbocycles. The molecule has 0 radical (unpaired) electrons. The summed E-state index contributed by atoms with van der Waals surface area (Å²) in [5, 5.41) is 9.96. The Morgan fingerprint density at radius 1 is 1.33 bits per heavy atom. The topological polar surface area (TPSA) is 127 Å². The zero-order valence-corrected chi connectivity index (χ0v) is 11.1. The first kappa shape index (κ1) is 14.4. The Hall–Kier alpha value is -3.03. The molecule has 0 fully saturated rings. The van der Waals surface area contributed by atoms with Crippen molar-refractivity contribution in [2.45, 2.75) is 6.92 Å². The number of benzene rings is 1. The lowest BCUT2D eigenvalue weighted by atomic mass is 10.2. The number of aromatic hydroxyl groups is 1. The maximum atomic E-state index is 11.8. The minimum Gasteiger partial charge on any atom is -0.494 e. The summed E-state index contributed by atoms with van der Waals surface area (Å²) in [5.74, 6) is -1.36. The van der Waals surface area contributed by atoms with Gasteiger partial charge in [-0.1, -0.05) is 0 Å². The number of amides is 1. The number of aromatic nitrogens is 2. The summed E-state index contributed by atoms with van der Waals surface area (Å²) in [4.78, 5) is 36.4. The first-order chi connectivity index (χ1) is 9.95. The van der Waals surface area contributed by atoms with E-state index in [4.69, 9.17) is 10.5 Å². The zero-order chi connectivity index (χ0) is 15.6. The molecule has 110 valence electrons. The minimum atomic E-state index is -1.13. The quantitative estimate of drug-likeness (QED) is 0.714. The van der Waals surface area contributed by atoms with Crippen LogP contribution in [0.25, 0.3) is 5.69 Å². The van der Waals surface area contributed by atoms with Gasteiger partial charge in [0, 0.05) is 0 Å². The van der Waals surface area contributed by atoms with Crippen LogP contribution in [0.5, 0.6) is 11.6 Å². The van der Waals surface area contributed by atoms with Crippen LogP contribution < -0.4 is 21.7 Å². The molecule has 1 amide bonds. The number of aromatic amines is 1. The van der Waals surface area contributed by atoms with Crippen molar-refractivity contribution >= 4 is 5.91 Å². The van der Waals surface area contributed by atoms with E-state index in [2.05, 4.69) is 0 Å². The number of H-pyrrole nitrogens is 1. The molecule has 1 aromatic heterocycles. The smallest absolute Gasteiger partial charge is 0.335 e. The highest BCUT2D eigenvalue weighted by Gasteiger charge is 2.19. The van der Waals surface area contributed by atoms with Crippen molar-refractivity contribution in [3.8, 4) is 17.3 Å². The molecule has 2 aromatic rings. The average molecular weight is 291 g/mol. The van der Waals surface area contributed by atoms with Gasteiger partial charge in [-0.2, -0.15) is 0 Å². The Balaban J connectivity index is 2.63. The van der Waals surface area contributed by atoms with Crippen molar-refractivity contribution in [2.24, 2.45) is 5.73 Å². The number of nitrogens with one attached hydrogen (secondary N) is 1. The van der Waals surface area contributed by atoms with E-state index in [1.165, 1.54) is 12.1 Å². The summed E-state index contributed by atoms with van der Waals surface area (Å²) >= 11 is 0. The van der Waals surface area contributed by atoms with Crippen LogP contribution in [0.2, 0.25) is 0 Å². The van der Waals surface area contributed by atoms with E-state index in [1.54, 1.807) is 12.1 Å². The molecule has 0 aliphatic heterocycles. The van der Waals surface area contributed by atoms with Crippen LogP contribution in [-0.4, -0.2) is 27.2 Å². The van der Waals surface area contributed by atoms with Crippen LogP contribution in [-0.2, 0) is 0 Å². The maximum Gasteiger partial charge on any atom is 0.335 e. The molecule has 0 atom stereocenters. The van der Waals surface area contributed by atoms with E-state index in [1.807, 2.05) is 11.9 Å². The van der Waals surface area contributed by atoms with E-state index in [0.717, 1.165) is 4.57 Å². The molecule has 0 saturated carbocycles. The second kappa shape index (κ2) is 5.53. The van der Waals surface area contributed by atoms with E-state index < -0.39 is 28.6 Å². The van der Waals surface area contributed by atoms with Crippen molar-refractivity contribution in [1.82, 2.24) is 9.55 Å². The Morgan fingerprint density at radius 3 is 2.48 bits per heavy atom. The number of carbonyl (C=O) groups is 1. The molecule has 8 nitrogen and oxygen atoms in total. The summed E-state index contributed by atoms with van der Waals surface area (Å²) in [6.45, 7) is 2.31. The van der Waals surface area contributed by atoms with Gasteiger partial charge in [0.15, 0.2) is 5.56 Å². The predicted molar refractivity (Wildman–Crippen MR) is 74.0 cm³/mol. The van der Waals surface area contributed by atoms with E-state index >= 15 is 0 Å². The molecule has 0 spiro atoms. The maximum absolute atomic E-state index is 11.8. The number of hydrogen-bond donors (Lipinski definition) is 3. The number of ether oxygens (including phenoxy) is 1. The lowest BCUT2D eigenvalue weighted by Gasteiger charge is -2.10. The van der Waals surface area contributed by atoms with Gasteiger partial charge in [0.05, 0.1) is 12.3 Å². The number of nitrogens with two attached hydrogens (primary N) is 1. The summed E-state index contributed by atoms with van der Waals surface area (Å²) in [5.41, 5.74) is 2.68. The highest BCUT2D eigenvalue weighted by Crippen LogP contribution is 2.19. The molecule has 0 unspecified atom stereocenters. The van der Waals surface area contributed by atoms with E-state index in [-0.39, 0.29) is 5.69 Å². The van der Waals surface area contributed by atoms with Gasteiger partial charge in [0.25, 0.3) is 11.5 Å². The lowest BCUT2D eigenvalue weighted by Crippen LogP contribution is -2.34. The van der Waals surface area contributed by atoms with Crippen LogP contribution in [0.4, 0.5) is 0 Å². The fraction of sp³-hybridized carbons (Fsp3) is 0.154. The molecule has 2 rings (SSSR count). The van der Waals surface area contributed by atoms with Gasteiger partial charge in [0.1, 0.15) is 5.75 Å². The second-order valence-corrected chi connectivity index (χ2v) is 4.08. The molecule has 0 aliphatic rings. The molecule has 1 heterocycles. The molecule has 4 N–H and O–H groups in total. The van der Waals surface area contributed by atoms with Crippen molar-refractivity contribution in [3.63, 3.8) is 0 Å². The van der Waals surface area contributed by atoms with E-state index in [9.17, 15) is 19.5 Å². The predicted octanol–water partition coefficient (Wildman–Crippen LogP) is -0.271. The van der Waals surface area contributed by atoms with Crippen LogP contribution >= 0.6 is 0 Å². The number of rotatable bonds is 4. The summed E-state index contributed by atoms with van der Waals surface area (Å²) in [6, 6.07) is 6.16. The van der Waals surface area contributed by atoms with Crippen LogP contribution in [0.3, 0.4) is 0 Å². The third kappa shape index (κ3) is 2.64. The minimum absolute atomic E-state index is 0.250. The molecule has 0 aliphatic carbocycles. The fourth-order valence-electron chi connectivity index (χ4n) is 1.84. The normalized spacial score (nSPS) is 10.3. The Morgan fingerprint density at radius 2 is 1.95 bits per heavy atom. The third-order valence-corrected chi connectivity index (χ3v) is 2.74. The van der Waals surface area contributed by atoms with Crippen LogP contribution in [0, 0.1) is 0 Å². The molecule has 8 heteroatoms. The Labute approximate surface area is 118 Å². The first-order valence-corrected chi connectivity index (χ1v) is 6.07. The largest absolute Gasteiger partial charge is 0.494 e. The fourth-order valence-corrected chi connectivity index (χ4v) is 1.84. The highest BCUT2D eigenvalue weighted by molar-refractivity contribution is 5.94. The number of carbonyl (C=O) groups excluding carboxylic acids is 1. The molecule has 21 heavy (non-hydrogen) atoms. The highest BCUT2D eigenvalue weighted by atomic mass is 16.5. The molecule has 0 bridgehead atoms. The van der Waals surface area contributed by atoms with Crippen molar-refractivity contribution in [1.29, 1.82) is 0 Å². The zero-order valence-electron chi connectivity index (χ0n) is 11.1. The van der Waals surface area contributed by atoms with Gasteiger partial charge in [-0.15, -0.1) is 0 Å². The van der Waals surface area contributed by atoms with Crippen molar-refractivity contribution in [3.05, 3.63) is 50.7 Å². The SMILES string of the molecule is CCOc1ccc(-n2c(O)c(C(N)=O)c(=O)[nH]c2=O)cc1.